The second-order valence-corrected chi connectivity index (χ2v) is 4.31. The molecule has 1 rings (SSSR count). The molecule has 94 valence electrons. The lowest BCUT2D eigenvalue weighted by molar-refractivity contribution is -0.118. The zero-order valence-corrected chi connectivity index (χ0v) is 10.9. The molecule has 3 N–H and O–H groups in total. The van der Waals surface area contributed by atoms with E-state index in [0.29, 0.717) is 22.3 Å². The fraction of sp³-hybridized carbons (Fsp3) is 0.364. The summed E-state index contributed by atoms with van der Waals surface area (Å²) in [7, 11) is 1.81. The lowest BCUT2D eigenvalue weighted by Gasteiger charge is -2.13. The molecule has 1 aromatic rings. The summed E-state index contributed by atoms with van der Waals surface area (Å²) < 4.78 is 5.45. The van der Waals surface area contributed by atoms with Gasteiger partial charge in [0.25, 0.3) is 0 Å². The van der Waals surface area contributed by atoms with E-state index in [1.54, 1.807) is 12.1 Å². The van der Waals surface area contributed by atoms with Crippen molar-refractivity contribution in [2.24, 2.45) is 5.73 Å². The summed E-state index contributed by atoms with van der Waals surface area (Å²) in [6.45, 7) is 0.777. The van der Waals surface area contributed by atoms with Gasteiger partial charge in [0.2, 0.25) is 5.91 Å². The van der Waals surface area contributed by atoms with Gasteiger partial charge in [-0.05, 0) is 19.2 Å². The van der Waals surface area contributed by atoms with Gasteiger partial charge in [0, 0.05) is 17.1 Å². The van der Waals surface area contributed by atoms with Crippen molar-refractivity contribution in [2.45, 2.75) is 13.0 Å². The predicted octanol–water partition coefficient (Wildman–Crippen LogP) is 1.97. The number of hydrogen-bond donors (Lipinski definition) is 2. The van der Waals surface area contributed by atoms with Crippen LogP contribution in [0.1, 0.15) is 12.0 Å². The highest BCUT2D eigenvalue weighted by atomic mass is 35.5. The Bertz CT molecular complexity index is 411. The Morgan fingerprint density at radius 3 is 2.76 bits per heavy atom. The van der Waals surface area contributed by atoms with Gasteiger partial charge in [0.05, 0.1) is 18.1 Å². The summed E-state index contributed by atoms with van der Waals surface area (Å²) in [6, 6.07) is 3.37. The molecule has 0 aliphatic rings. The van der Waals surface area contributed by atoms with Crippen molar-refractivity contribution in [3.8, 4) is 5.75 Å². The van der Waals surface area contributed by atoms with Gasteiger partial charge in [0.1, 0.15) is 5.75 Å². The van der Waals surface area contributed by atoms with Crippen LogP contribution >= 0.6 is 23.2 Å². The van der Waals surface area contributed by atoms with Gasteiger partial charge in [-0.25, -0.2) is 0 Å². The number of amides is 1. The Kier molecular flexibility index (Phi) is 5.55. The fourth-order valence-electron chi connectivity index (χ4n) is 1.35. The van der Waals surface area contributed by atoms with E-state index in [1.165, 1.54) is 0 Å². The number of carbonyl (C=O) groups is 1. The van der Waals surface area contributed by atoms with Crippen molar-refractivity contribution in [1.29, 1.82) is 0 Å². The molecule has 4 nitrogen and oxygen atoms in total. The highest BCUT2D eigenvalue weighted by Gasteiger charge is 2.10. The number of benzene rings is 1. The summed E-state index contributed by atoms with van der Waals surface area (Å²) >= 11 is 11.9. The van der Waals surface area contributed by atoms with Gasteiger partial charge in [-0.3, -0.25) is 4.79 Å². The van der Waals surface area contributed by atoms with Crippen LogP contribution in [0.15, 0.2) is 12.1 Å². The first-order valence-electron chi connectivity index (χ1n) is 5.08. The predicted molar refractivity (Wildman–Crippen MR) is 68.5 cm³/mol. The number of hydrogen-bond acceptors (Lipinski definition) is 3. The average Bonchev–Trinajstić information content (AvgIpc) is 2.21. The average molecular weight is 277 g/mol. The SMILES string of the molecule is CNCc1cc(Cl)cc(Cl)c1OCCC(N)=O. The van der Waals surface area contributed by atoms with Gasteiger partial charge < -0.3 is 15.8 Å². The molecule has 1 amide bonds. The standard InChI is InChI=1S/C11H14Cl2N2O2/c1-15-6-7-4-8(12)5-9(13)11(7)17-3-2-10(14)16/h4-5,15H,2-3,6H2,1H3,(H2,14,16). The first kappa shape index (κ1) is 14.1. The maximum atomic E-state index is 10.6. The molecule has 0 saturated heterocycles. The zero-order chi connectivity index (χ0) is 12.8. The minimum Gasteiger partial charge on any atom is -0.491 e. The van der Waals surface area contributed by atoms with Gasteiger partial charge in [-0.2, -0.15) is 0 Å². The molecule has 0 aliphatic heterocycles. The van der Waals surface area contributed by atoms with Crippen LogP contribution in [-0.2, 0) is 11.3 Å². The Morgan fingerprint density at radius 1 is 1.47 bits per heavy atom. The zero-order valence-electron chi connectivity index (χ0n) is 9.43. The number of halogens is 2. The molecule has 0 fully saturated rings. The summed E-state index contributed by atoms with van der Waals surface area (Å²) in [6.07, 6.45) is 0.151. The van der Waals surface area contributed by atoms with Crippen LogP contribution in [0, 0.1) is 0 Å². The lowest BCUT2D eigenvalue weighted by Crippen LogP contribution is -2.15. The first-order valence-corrected chi connectivity index (χ1v) is 5.83. The van der Waals surface area contributed by atoms with Crippen molar-refractivity contribution in [2.75, 3.05) is 13.7 Å². The van der Waals surface area contributed by atoms with E-state index in [4.69, 9.17) is 33.7 Å². The summed E-state index contributed by atoms with van der Waals surface area (Å²) in [4.78, 5) is 10.6. The van der Waals surface area contributed by atoms with Crippen LogP contribution in [0.3, 0.4) is 0 Å². The number of carbonyl (C=O) groups excluding carboxylic acids is 1. The topological polar surface area (TPSA) is 64.3 Å². The fourth-order valence-corrected chi connectivity index (χ4v) is 1.94. The van der Waals surface area contributed by atoms with Crippen LogP contribution in [0.4, 0.5) is 0 Å². The number of primary amides is 1. The van der Waals surface area contributed by atoms with E-state index in [1.807, 2.05) is 7.05 Å². The smallest absolute Gasteiger partial charge is 0.220 e. The highest BCUT2D eigenvalue weighted by Crippen LogP contribution is 2.32. The molecule has 0 heterocycles. The molecule has 0 radical (unpaired) electrons. The van der Waals surface area contributed by atoms with Crippen LogP contribution in [-0.4, -0.2) is 19.6 Å². The summed E-state index contributed by atoms with van der Waals surface area (Å²) in [5.41, 5.74) is 5.87. The largest absolute Gasteiger partial charge is 0.491 e. The lowest BCUT2D eigenvalue weighted by atomic mass is 10.2. The van der Waals surface area contributed by atoms with Gasteiger partial charge >= 0.3 is 0 Å². The van der Waals surface area contributed by atoms with E-state index in [0.717, 1.165) is 5.56 Å². The van der Waals surface area contributed by atoms with Gasteiger partial charge in [0.15, 0.2) is 0 Å². The molecule has 0 saturated carbocycles. The Labute approximate surface area is 110 Å². The third kappa shape index (κ3) is 4.42. The second-order valence-electron chi connectivity index (χ2n) is 3.47. The van der Waals surface area contributed by atoms with Gasteiger partial charge in [-0.1, -0.05) is 23.2 Å². The molecule has 0 bridgehead atoms. The summed E-state index contributed by atoms with van der Waals surface area (Å²) in [5.74, 6) is 0.122. The highest BCUT2D eigenvalue weighted by molar-refractivity contribution is 6.35. The van der Waals surface area contributed by atoms with E-state index < -0.39 is 5.91 Å². The van der Waals surface area contributed by atoms with Crippen molar-refractivity contribution in [3.63, 3.8) is 0 Å². The first-order chi connectivity index (χ1) is 8.04. The van der Waals surface area contributed by atoms with Crippen molar-refractivity contribution < 1.29 is 9.53 Å². The molecule has 0 aromatic heterocycles. The quantitative estimate of drug-likeness (QED) is 0.835. The van der Waals surface area contributed by atoms with E-state index in [-0.39, 0.29) is 13.0 Å². The van der Waals surface area contributed by atoms with Crippen molar-refractivity contribution >= 4 is 29.1 Å². The maximum Gasteiger partial charge on any atom is 0.220 e. The maximum absolute atomic E-state index is 10.6. The molecule has 17 heavy (non-hydrogen) atoms. The molecule has 0 atom stereocenters. The molecule has 1 aromatic carbocycles. The third-order valence-electron chi connectivity index (χ3n) is 2.05. The molecule has 6 heteroatoms. The Balaban J connectivity index is 2.83. The minimum atomic E-state index is -0.412. The molecule has 0 spiro atoms. The van der Waals surface area contributed by atoms with Crippen molar-refractivity contribution in [3.05, 3.63) is 27.7 Å². The van der Waals surface area contributed by atoms with Crippen molar-refractivity contribution in [1.82, 2.24) is 5.32 Å². The Morgan fingerprint density at radius 2 is 2.18 bits per heavy atom. The van der Waals surface area contributed by atoms with E-state index in [9.17, 15) is 4.79 Å². The van der Waals surface area contributed by atoms with Crippen LogP contribution in [0.25, 0.3) is 0 Å². The van der Waals surface area contributed by atoms with Crippen LogP contribution in [0.5, 0.6) is 5.75 Å². The number of nitrogens with one attached hydrogen (secondary N) is 1. The van der Waals surface area contributed by atoms with Gasteiger partial charge in [-0.15, -0.1) is 0 Å². The van der Waals surface area contributed by atoms with Crippen LogP contribution < -0.4 is 15.8 Å². The monoisotopic (exact) mass is 276 g/mol. The summed E-state index contributed by atoms with van der Waals surface area (Å²) in [5, 5.41) is 3.96. The number of nitrogens with two attached hydrogens (primary N) is 1. The number of ether oxygens (including phenoxy) is 1. The normalized spacial score (nSPS) is 10.3. The van der Waals surface area contributed by atoms with Crippen LogP contribution in [0.2, 0.25) is 10.0 Å². The molecular weight excluding hydrogens is 263 g/mol. The Hall–Kier alpha value is -0.970. The molecular formula is C11H14Cl2N2O2. The minimum absolute atomic E-state index is 0.151. The number of rotatable bonds is 6. The van der Waals surface area contributed by atoms with E-state index >= 15 is 0 Å². The van der Waals surface area contributed by atoms with E-state index in [2.05, 4.69) is 5.32 Å². The third-order valence-corrected chi connectivity index (χ3v) is 2.55. The molecule has 0 unspecified atom stereocenters. The second kappa shape index (κ2) is 6.69. The molecule has 0 aliphatic carbocycles.